The predicted molar refractivity (Wildman–Crippen MR) is 130 cm³/mol. The number of hydrogen-bond acceptors (Lipinski definition) is 4. The molecule has 5 aliphatic rings. The van der Waals surface area contributed by atoms with E-state index in [4.69, 9.17) is 0 Å². The molecular weight excluding hydrogens is 422 g/mol. The number of Topliss-reactive ketones (excluding diaryl/α,β-unsaturated/α-hetero) is 1. The summed E-state index contributed by atoms with van der Waals surface area (Å²) in [6, 6.07) is 2.13. The van der Waals surface area contributed by atoms with E-state index in [9.17, 15) is 19.6 Å². The summed E-state index contributed by atoms with van der Waals surface area (Å²) < 4.78 is 0. The lowest BCUT2D eigenvalue weighted by Gasteiger charge is -2.64. The van der Waals surface area contributed by atoms with Crippen LogP contribution in [0.4, 0.5) is 0 Å². The molecular formula is C30H39NO3. The molecule has 0 amide bonds. The van der Waals surface area contributed by atoms with Gasteiger partial charge in [-0.1, -0.05) is 39.3 Å². The van der Waals surface area contributed by atoms with Crippen LogP contribution in [0.5, 0.6) is 0 Å². The van der Waals surface area contributed by atoms with Gasteiger partial charge in [0.05, 0.1) is 5.57 Å². The van der Waals surface area contributed by atoms with Crippen LogP contribution in [0.3, 0.4) is 0 Å². The molecule has 4 heteroatoms. The summed E-state index contributed by atoms with van der Waals surface area (Å²) in [5.74, 6) is 1.05. The van der Waals surface area contributed by atoms with Crippen molar-refractivity contribution in [1.29, 1.82) is 5.26 Å². The Balaban J connectivity index is 1.60. The fourth-order valence-electron chi connectivity index (χ4n) is 9.31. The molecule has 0 heterocycles. The fourth-order valence-corrected chi connectivity index (χ4v) is 9.31. The molecule has 0 saturated heterocycles. The van der Waals surface area contributed by atoms with E-state index in [1.165, 1.54) is 12.0 Å². The van der Waals surface area contributed by atoms with Gasteiger partial charge in [-0.2, -0.15) is 5.26 Å². The molecule has 182 valence electrons. The minimum Gasteiger partial charge on any atom is -0.303 e. The average Bonchev–Trinajstić information content (AvgIpc) is 2.79. The molecule has 0 aromatic rings. The lowest BCUT2D eigenvalue weighted by atomic mass is 9.39. The summed E-state index contributed by atoms with van der Waals surface area (Å²) in [5.41, 5.74) is 1.30. The summed E-state index contributed by atoms with van der Waals surface area (Å²) in [6.45, 7) is 9.22. The van der Waals surface area contributed by atoms with E-state index in [1.54, 1.807) is 0 Å². The maximum Gasteiger partial charge on any atom is 0.173 e. The number of nitrogens with zero attached hydrogens (tertiary/aromatic N) is 1. The number of fused-ring (bicyclic) bond motifs is 7. The quantitative estimate of drug-likeness (QED) is 0.472. The van der Waals surface area contributed by atoms with E-state index in [0.717, 1.165) is 51.2 Å². The van der Waals surface area contributed by atoms with Crippen LogP contribution in [0.2, 0.25) is 0 Å². The number of rotatable bonds is 3. The Labute approximate surface area is 204 Å². The first kappa shape index (κ1) is 23.7. The van der Waals surface area contributed by atoms with Gasteiger partial charge in [-0.15, -0.1) is 0 Å². The Hall–Kier alpha value is -2.02. The van der Waals surface area contributed by atoms with E-state index in [2.05, 4.69) is 33.8 Å². The highest BCUT2D eigenvalue weighted by molar-refractivity contribution is 6.01. The molecule has 0 spiro atoms. The summed E-state index contributed by atoms with van der Waals surface area (Å²) in [7, 11) is 0. The van der Waals surface area contributed by atoms with Gasteiger partial charge in [-0.25, -0.2) is 0 Å². The molecule has 0 radical (unpaired) electrons. The van der Waals surface area contributed by atoms with Crippen molar-refractivity contribution >= 4 is 17.9 Å². The SMILES string of the molecule is CC1(C)CCC2(CCC=O)CCC3C(C(=O)C=C4C5(C)C=C(C#N)C(=O)CC5CCC43C)C2C1. The van der Waals surface area contributed by atoms with Gasteiger partial charge in [-0.05, 0) is 91.4 Å². The summed E-state index contributed by atoms with van der Waals surface area (Å²) >= 11 is 0. The first-order valence-electron chi connectivity index (χ1n) is 13.4. The molecule has 3 fully saturated rings. The molecule has 0 aromatic carbocycles. The monoisotopic (exact) mass is 461 g/mol. The third-order valence-corrected chi connectivity index (χ3v) is 11.2. The maximum absolute atomic E-state index is 14.0. The van der Waals surface area contributed by atoms with Crippen LogP contribution in [0.25, 0.3) is 0 Å². The van der Waals surface area contributed by atoms with Gasteiger partial charge < -0.3 is 4.79 Å². The zero-order valence-electron chi connectivity index (χ0n) is 21.3. The Morgan fingerprint density at radius 3 is 2.53 bits per heavy atom. The highest BCUT2D eigenvalue weighted by Crippen LogP contribution is 2.69. The van der Waals surface area contributed by atoms with Crippen LogP contribution >= 0.6 is 0 Å². The summed E-state index contributed by atoms with van der Waals surface area (Å²) in [5, 5.41) is 9.59. The van der Waals surface area contributed by atoms with Crippen LogP contribution in [-0.2, 0) is 14.4 Å². The molecule has 5 aliphatic carbocycles. The van der Waals surface area contributed by atoms with Crippen LogP contribution < -0.4 is 0 Å². The third kappa shape index (κ3) is 3.25. The van der Waals surface area contributed by atoms with Crippen LogP contribution in [-0.4, -0.2) is 17.9 Å². The fraction of sp³-hybridized carbons (Fsp3) is 0.733. The molecule has 3 saturated carbocycles. The zero-order valence-corrected chi connectivity index (χ0v) is 21.3. The Bertz CT molecular complexity index is 1040. The highest BCUT2D eigenvalue weighted by Gasteiger charge is 2.63. The van der Waals surface area contributed by atoms with Gasteiger partial charge in [0.25, 0.3) is 0 Å². The number of ketones is 2. The second-order valence-electron chi connectivity index (χ2n) is 13.4. The standard InChI is InChI=1S/C30H39NO3/c1-27(2)11-12-30(8-5-13-32)10-7-21-26(22(30)17-27)24(34)15-25-28(21,3)9-6-20-14-23(33)19(18-31)16-29(20,25)4/h13,15-16,20-22,26H,5-12,14,17H2,1-4H3. The lowest BCUT2D eigenvalue weighted by Crippen LogP contribution is -2.59. The van der Waals surface area contributed by atoms with E-state index in [0.29, 0.717) is 24.7 Å². The van der Waals surface area contributed by atoms with E-state index in [1.807, 2.05) is 12.2 Å². The summed E-state index contributed by atoms with van der Waals surface area (Å²) in [4.78, 5) is 37.9. The number of carbonyl (C=O) groups is 3. The van der Waals surface area contributed by atoms with Crippen molar-refractivity contribution in [3.05, 3.63) is 23.3 Å². The minimum absolute atomic E-state index is 0.0264. The van der Waals surface area contributed by atoms with Gasteiger partial charge in [-0.3, -0.25) is 9.59 Å². The van der Waals surface area contributed by atoms with E-state index in [-0.39, 0.29) is 45.2 Å². The number of nitriles is 1. The molecule has 7 unspecified atom stereocenters. The third-order valence-electron chi connectivity index (χ3n) is 11.2. The minimum atomic E-state index is -0.398. The summed E-state index contributed by atoms with van der Waals surface area (Å²) in [6.07, 6.45) is 14.3. The molecule has 34 heavy (non-hydrogen) atoms. The Morgan fingerprint density at radius 2 is 1.82 bits per heavy atom. The largest absolute Gasteiger partial charge is 0.303 e. The molecule has 0 bridgehead atoms. The second-order valence-corrected chi connectivity index (χ2v) is 13.4. The van der Waals surface area contributed by atoms with Crippen molar-refractivity contribution in [3.8, 4) is 6.07 Å². The van der Waals surface area contributed by atoms with Crippen molar-refractivity contribution in [3.63, 3.8) is 0 Å². The molecule has 7 atom stereocenters. The van der Waals surface area contributed by atoms with Crippen LogP contribution in [0.1, 0.15) is 91.9 Å². The van der Waals surface area contributed by atoms with Crippen LogP contribution in [0, 0.1) is 56.7 Å². The maximum atomic E-state index is 14.0. The zero-order chi connectivity index (χ0) is 24.5. The molecule has 5 rings (SSSR count). The normalized spacial score (nSPS) is 44.9. The molecule has 0 aliphatic heterocycles. The number of aldehydes is 1. The smallest absolute Gasteiger partial charge is 0.173 e. The first-order valence-corrected chi connectivity index (χ1v) is 13.4. The van der Waals surface area contributed by atoms with Gasteiger partial charge in [0.2, 0.25) is 0 Å². The average molecular weight is 462 g/mol. The predicted octanol–water partition coefficient (Wildman–Crippen LogP) is 6.16. The molecule has 4 nitrogen and oxygen atoms in total. The van der Waals surface area contributed by atoms with E-state index < -0.39 is 5.41 Å². The molecule has 0 aromatic heterocycles. The van der Waals surface area contributed by atoms with Gasteiger partial charge in [0, 0.05) is 24.2 Å². The van der Waals surface area contributed by atoms with Gasteiger partial charge in [0.15, 0.2) is 11.6 Å². The lowest BCUT2D eigenvalue weighted by molar-refractivity contribution is -0.147. The van der Waals surface area contributed by atoms with Crippen molar-refractivity contribution in [2.24, 2.45) is 45.3 Å². The Kier molecular flexibility index (Phi) is 5.40. The van der Waals surface area contributed by atoms with E-state index >= 15 is 0 Å². The highest BCUT2D eigenvalue weighted by atomic mass is 16.1. The van der Waals surface area contributed by atoms with Crippen LogP contribution in [0.15, 0.2) is 23.3 Å². The van der Waals surface area contributed by atoms with Gasteiger partial charge >= 0.3 is 0 Å². The number of carbonyl (C=O) groups excluding carboxylic acids is 3. The van der Waals surface area contributed by atoms with Crippen molar-refractivity contribution < 1.29 is 14.4 Å². The first-order chi connectivity index (χ1) is 16.0. The van der Waals surface area contributed by atoms with Crippen molar-refractivity contribution in [2.75, 3.05) is 0 Å². The van der Waals surface area contributed by atoms with Gasteiger partial charge in [0.1, 0.15) is 12.4 Å². The number of hydrogen-bond donors (Lipinski definition) is 0. The Morgan fingerprint density at radius 1 is 1.06 bits per heavy atom. The molecule has 0 N–H and O–H groups in total. The topological polar surface area (TPSA) is 75.0 Å². The van der Waals surface area contributed by atoms with Crippen molar-refractivity contribution in [1.82, 2.24) is 0 Å². The second kappa shape index (κ2) is 7.74. The number of allylic oxidation sites excluding steroid dienone is 4. The van der Waals surface area contributed by atoms with Crippen molar-refractivity contribution in [2.45, 2.75) is 91.9 Å².